The Bertz CT molecular complexity index is 371. The van der Waals surface area contributed by atoms with Crippen LogP contribution in [0.1, 0.15) is 52.9 Å². The van der Waals surface area contributed by atoms with Crippen molar-refractivity contribution < 1.29 is 14.7 Å². The van der Waals surface area contributed by atoms with Gasteiger partial charge in [-0.2, -0.15) is 0 Å². The maximum Gasteiger partial charge on any atom is 0.311 e. The molecule has 1 unspecified atom stereocenters. The van der Waals surface area contributed by atoms with Crippen molar-refractivity contribution in [2.24, 2.45) is 23.0 Å². The fourth-order valence-electron chi connectivity index (χ4n) is 3.26. The molecule has 0 radical (unpaired) electrons. The smallest absolute Gasteiger partial charge is 0.311 e. The van der Waals surface area contributed by atoms with Gasteiger partial charge < -0.3 is 15.7 Å². The normalized spacial score (nSPS) is 24.1. The Morgan fingerprint density at radius 1 is 1.38 bits per heavy atom. The third kappa shape index (κ3) is 4.70. The van der Waals surface area contributed by atoms with E-state index < -0.39 is 11.4 Å². The van der Waals surface area contributed by atoms with Crippen LogP contribution in [0.25, 0.3) is 0 Å². The third-order valence-electron chi connectivity index (χ3n) is 4.66. The standard InChI is InChI=1S/C16H30N2O3/c1-4-16(15(20)21)6-5-7-18(11-16)14(19)9-13(10-17)8-12(2)3/h12-13H,4-11,17H2,1-3H3,(H,20,21)/t13-,16?/m0/s1. The molecule has 1 aliphatic rings. The predicted octanol–water partition coefficient (Wildman–Crippen LogP) is 2.10. The van der Waals surface area contributed by atoms with E-state index in [1.807, 2.05) is 6.92 Å². The Morgan fingerprint density at radius 3 is 2.52 bits per heavy atom. The molecule has 0 aromatic heterocycles. The van der Waals surface area contributed by atoms with Crippen molar-refractivity contribution in [3.05, 3.63) is 0 Å². The number of carbonyl (C=O) groups is 2. The molecule has 122 valence electrons. The van der Waals surface area contributed by atoms with E-state index in [0.29, 0.717) is 44.8 Å². The van der Waals surface area contributed by atoms with Gasteiger partial charge in [-0.15, -0.1) is 0 Å². The number of piperidine rings is 1. The average Bonchev–Trinajstić information content (AvgIpc) is 2.45. The largest absolute Gasteiger partial charge is 0.481 e. The Balaban J connectivity index is 2.67. The van der Waals surface area contributed by atoms with E-state index >= 15 is 0 Å². The van der Waals surface area contributed by atoms with E-state index in [-0.39, 0.29) is 11.8 Å². The molecule has 0 aromatic rings. The van der Waals surface area contributed by atoms with Gasteiger partial charge in [0.25, 0.3) is 0 Å². The maximum atomic E-state index is 12.5. The number of aliphatic carboxylic acids is 1. The van der Waals surface area contributed by atoms with Crippen LogP contribution in [0.3, 0.4) is 0 Å². The summed E-state index contributed by atoms with van der Waals surface area (Å²) in [5.41, 5.74) is 5.00. The number of carbonyl (C=O) groups excluding carboxylic acids is 1. The summed E-state index contributed by atoms with van der Waals surface area (Å²) in [6, 6.07) is 0. The lowest BCUT2D eigenvalue weighted by Gasteiger charge is -2.40. The molecule has 5 heteroatoms. The molecule has 1 amide bonds. The predicted molar refractivity (Wildman–Crippen MR) is 82.8 cm³/mol. The lowest BCUT2D eigenvalue weighted by atomic mass is 9.77. The monoisotopic (exact) mass is 298 g/mol. The van der Waals surface area contributed by atoms with Crippen LogP contribution in [-0.4, -0.2) is 41.5 Å². The number of rotatable bonds is 7. The Morgan fingerprint density at radius 2 is 2.05 bits per heavy atom. The lowest BCUT2D eigenvalue weighted by Crippen LogP contribution is -2.50. The summed E-state index contributed by atoms with van der Waals surface area (Å²) in [6.45, 7) is 7.67. The molecule has 5 nitrogen and oxygen atoms in total. The molecule has 1 heterocycles. The van der Waals surface area contributed by atoms with E-state index in [4.69, 9.17) is 5.73 Å². The zero-order valence-corrected chi connectivity index (χ0v) is 13.6. The molecule has 0 saturated carbocycles. The average molecular weight is 298 g/mol. The van der Waals surface area contributed by atoms with E-state index in [2.05, 4.69) is 13.8 Å². The van der Waals surface area contributed by atoms with E-state index in [0.717, 1.165) is 12.8 Å². The number of hydrogen-bond donors (Lipinski definition) is 2. The first-order chi connectivity index (χ1) is 9.84. The van der Waals surface area contributed by atoms with Gasteiger partial charge in [0.1, 0.15) is 0 Å². The van der Waals surface area contributed by atoms with Crippen LogP contribution in [0.2, 0.25) is 0 Å². The Kier molecular flexibility index (Phi) is 6.65. The Labute approximate surface area is 127 Å². The van der Waals surface area contributed by atoms with Gasteiger partial charge in [0.05, 0.1) is 5.41 Å². The maximum absolute atomic E-state index is 12.5. The molecule has 0 aliphatic carbocycles. The second-order valence-electron chi connectivity index (χ2n) is 6.79. The van der Waals surface area contributed by atoms with Crippen LogP contribution >= 0.6 is 0 Å². The SMILES string of the molecule is CCC1(C(=O)O)CCCN(C(=O)C[C@@H](CN)CC(C)C)C1. The Hall–Kier alpha value is -1.10. The summed E-state index contributed by atoms with van der Waals surface area (Å²) >= 11 is 0. The minimum absolute atomic E-state index is 0.0601. The van der Waals surface area contributed by atoms with Crippen molar-refractivity contribution >= 4 is 11.9 Å². The number of likely N-dealkylation sites (tertiary alicyclic amines) is 1. The minimum Gasteiger partial charge on any atom is -0.481 e. The summed E-state index contributed by atoms with van der Waals surface area (Å²) < 4.78 is 0. The highest BCUT2D eigenvalue weighted by Gasteiger charge is 2.42. The number of amides is 1. The van der Waals surface area contributed by atoms with Crippen LogP contribution < -0.4 is 5.73 Å². The summed E-state index contributed by atoms with van der Waals surface area (Å²) in [6.07, 6.45) is 3.37. The van der Waals surface area contributed by atoms with Crippen LogP contribution in [0.4, 0.5) is 0 Å². The topological polar surface area (TPSA) is 83.6 Å². The van der Waals surface area contributed by atoms with Crippen LogP contribution in [-0.2, 0) is 9.59 Å². The quantitative estimate of drug-likeness (QED) is 0.754. The van der Waals surface area contributed by atoms with Gasteiger partial charge in [-0.3, -0.25) is 9.59 Å². The molecule has 0 bridgehead atoms. The van der Waals surface area contributed by atoms with Crippen molar-refractivity contribution in [3.8, 4) is 0 Å². The van der Waals surface area contributed by atoms with E-state index in [1.165, 1.54) is 0 Å². The molecule has 3 N–H and O–H groups in total. The van der Waals surface area contributed by atoms with Crippen LogP contribution in [0, 0.1) is 17.3 Å². The molecular weight excluding hydrogens is 268 g/mol. The van der Waals surface area contributed by atoms with Gasteiger partial charge in [0.2, 0.25) is 5.91 Å². The molecule has 1 rings (SSSR count). The summed E-state index contributed by atoms with van der Waals surface area (Å²) in [4.78, 5) is 25.7. The molecule has 1 fully saturated rings. The first kappa shape index (κ1) is 18.0. The third-order valence-corrected chi connectivity index (χ3v) is 4.66. The van der Waals surface area contributed by atoms with E-state index in [9.17, 15) is 14.7 Å². The van der Waals surface area contributed by atoms with Crippen molar-refractivity contribution in [1.82, 2.24) is 4.90 Å². The molecule has 0 aromatic carbocycles. The van der Waals surface area contributed by atoms with Crippen LogP contribution in [0.15, 0.2) is 0 Å². The second kappa shape index (κ2) is 7.78. The zero-order valence-electron chi connectivity index (χ0n) is 13.6. The van der Waals surface area contributed by atoms with Gasteiger partial charge in [0.15, 0.2) is 0 Å². The number of nitrogens with zero attached hydrogens (tertiary/aromatic N) is 1. The fraction of sp³-hybridized carbons (Fsp3) is 0.875. The number of carboxylic acids is 1. The second-order valence-corrected chi connectivity index (χ2v) is 6.79. The number of hydrogen-bond acceptors (Lipinski definition) is 3. The lowest BCUT2D eigenvalue weighted by molar-refractivity contribution is -0.155. The highest BCUT2D eigenvalue weighted by molar-refractivity contribution is 5.79. The molecule has 1 saturated heterocycles. The van der Waals surface area contributed by atoms with Gasteiger partial charge in [0, 0.05) is 19.5 Å². The van der Waals surface area contributed by atoms with Crippen molar-refractivity contribution in [2.75, 3.05) is 19.6 Å². The molecule has 0 spiro atoms. The van der Waals surface area contributed by atoms with Gasteiger partial charge in [-0.1, -0.05) is 20.8 Å². The highest BCUT2D eigenvalue weighted by Crippen LogP contribution is 2.34. The summed E-state index contributed by atoms with van der Waals surface area (Å²) in [5, 5.41) is 9.48. The van der Waals surface area contributed by atoms with Gasteiger partial charge in [-0.05, 0) is 44.1 Å². The highest BCUT2D eigenvalue weighted by atomic mass is 16.4. The summed E-state index contributed by atoms with van der Waals surface area (Å²) in [7, 11) is 0. The minimum atomic E-state index is -0.778. The summed E-state index contributed by atoms with van der Waals surface area (Å²) in [5.74, 6) is -0.00771. The van der Waals surface area contributed by atoms with Gasteiger partial charge >= 0.3 is 5.97 Å². The van der Waals surface area contributed by atoms with Crippen molar-refractivity contribution in [1.29, 1.82) is 0 Å². The number of nitrogens with two attached hydrogens (primary N) is 1. The number of carboxylic acid groups (broad SMARTS) is 1. The fourth-order valence-corrected chi connectivity index (χ4v) is 3.26. The zero-order chi connectivity index (χ0) is 16.0. The van der Waals surface area contributed by atoms with Gasteiger partial charge in [-0.25, -0.2) is 0 Å². The molecular formula is C16H30N2O3. The van der Waals surface area contributed by atoms with Crippen LogP contribution in [0.5, 0.6) is 0 Å². The molecule has 21 heavy (non-hydrogen) atoms. The first-order valence-corrected chi connectivity index (χ1v) is 8.06. The van der Waals surface area contributed by atoms with Crippen molar-refractivity contribution in [2.45, 2.75) is 52.9 Å². The first-order valence-electron chi connectivity index (χ1n) is 8.06. The van der Waals surface area contributed by atoms with Crippen molar-refractivity contribution in [3.63, 3.8) is 0 Å². The van der Waals surface area contributed by atoms with E-state index in [1.54, 1.807) is 4.90 Å². The molecule has 1 aliphatic heterocycles. The molecule has 2 atom stereocenters.